The molecular weight excluding hydrogens is 214 g/mol. The van der Waals surface area contributed by atoms with Crippen molar-refractivity contribution in [2.75, 3.05) is 0 Å². The van der Waals surface area contributed by atoms with Gasteiger partial charge in [-0.25, -0.2) is 0 Å². The van der Waals surface area contributed by atoms with E-state index in [-0.39, 0.29) is 11.1 Å². The van der Waals surface area contributed by atoms with Crippen LogP contribution in [0.25, 0.3) is 5.69 Å². The van der Waals surface area contributed by atoms with Gasteiger partial charge in [0.15, 0.2) is 0 Å². The summed E-state index contributed by atoms with van der Waals surface area (Å²) >= 11 is 0. The number of aromatic nitrogens is 1. The van der Waals surface area contributed by atoms with E-state index in [0.717, 1.165) is 0 Å². The highest BCUT2D eigenvalue weighted by Crippen LogP contribution is 2.06. The highest BCUT2D eigenvalue weighted by atomic mass is 16.1. The van der Waals surface area contributed by atoms with Crippen molar-refractivity contribution in [3.05, 3.63) is 64.1 Å². The maximum atomic E-state index is 11.9. The van der Waals surface area contributed by atoms with Gasteiger partial charge in [0.25, 0.3) is 5.56 Å². The van der Waals surface area contributed by atoms with E-state index >= 15 is 0 Å². The minimum absolute atomic E-state index is 0.0343. The third-order valence-corrected chi connectivity index (χ3v) is 2.30. The molecule has 80 valence electrons. The van der Waals surface area contributed by atoms with Crippen molar-refractivity contribution in [3.63, 3.8) is 0 Å². The third-order valence-electron chi connectivity index (χ3n) is 2.30. The SMILES string of the molecule is N#Cc1cc(C#N)c(=O)n(-c2ccccc2)c1. The highest BCUT2D eigenvalue weighted by molar-refractivity contribution is 5.41. The number of nitriles is 2. The van der Waals surface area contributed by atoms with E-state index in [0.29, 0.717) is 5.69 Å². The molecule has 0 saturated heterocycles. The molecule has 0 atom stereocenters. The Morgan fingerprint density at radius 1 is 1.06 bits per heavy atom. The van der Waals surface area contributed by atoms with Gasteiger partial charge in [-0.15, -0.1) is 0 Å². The van der Waals surface area contributed by atoms with Gasteiger partial charge in [-0.1, -0.05) is 18.2 Å². The predicted molar refractivity (Wildman–Crippen MR) is 61.5 cm³/mol. The topological polar surface area (TPSA) is 69.6 Å². The van der Waals surface area contributed by atoms with Crippen LogP contribution >= 0.6 is 0 Å². The molecule has 4 heteroatoms. The Balaban J connectivity index is 2.76. The van der Waals surface area contributed by atoms with Crippen LogP contribution in [-0.4, -0.2) is 4.57 Å². The number of hydrogen-bond donors (Lipinski definition) is 0. The second-order valence-electron chi connectivity index (χ2n) is 3.38. The lowest BCUT2D eigenvalue weighted by molar-refractivity contribution is 0.977. The van der Waals surface area contributed by atoms with Crippen LogP contribution in [0.4, 0.5) is 0 Å². The molecule has 0 fully saturated rings. The van der Waals surface area contributed by atoms with E-state index in [1.807, 2.05) is 12.1 Å². The van der Waals surface area contributed by atoms with Gasteiger partial charge in [0.1, 0.15) is 17.7 Å². The fourth-order valence-corrected chi connectivity index (χ4v) is 1.50. The summed E-state index contributed by atoms with van der Waals surface area (Å²) < 4.78 is 1.30. The average molecular weight is 221 g/mol. The summed E-state index contributed by atoms with van der Waals surface area (Å²) in [6.45, 7) is 0. The quantitative estimate of drug-likeness (QED) is 0.734. The zero-order chi connectivity index (χ0) is 12.3. The van der Waals surface area contributed by atoms with Crippen molar-refractivity contribution >= 4 is 0 Å². The molecule has 0 aliphatic carbocycles. The number of nitrogens with zero attached hydrogens (tertiary/aromatic N) is 3. The normalized spacial score (nSPS) is 9.29. The summed E-state index contributed by atoms with van der Waals surface area (Å²) in [6, 6.07) is 13.9. The van der Waals surface area contributed by atoms with Crippen LogP contribution in [0, 0.1) is 22.7 Å². The molecule has 0 amide bonds. The minimum Gasteiger partial charge on any atom is -0.282 e. The Morgan fingerprint density at radius 3 is 2.35 bits per heavy atom. The van der Waals surface area contributed by atoms with Crippen molar-refractivity contribution in [1.82, 2.24) is 4.57 Å². The molecule has 0 aliphatic heterocycles. The van der Waals surface area contributed by atoms with E-state index in [2.05, 4.69) is 0 Å². The zero-order valence-corrected chi connectivity index (χ0v) is 8.79. The highest BCUT2D eigenvalue weighted by Gasteiger charge is 2.07. The Hall–Kier alpha value is -2.85. The summed E-state index contributed by atoms with van der Waals surface area (Å²) in [5.41, 5.74) is 0.460. The minimum atomic E-state index is -0.419. The lowest BCUT2D eigenvalue weighted by Crippen LogP contribution is -2.20. The molecule has 4 nitrogen and oxygen atoms in total. The van der Waals surface area contributed by atoms with Crippen molar-refractivity contribution < 1.29 is 0 Å². The van der Waals surface area contributed by atoms with Gasteiger partial charge in [0, 0.05) is 11.9 Å². The van der Waals surface area contributed by atoms with Crippen LogP contribution in [0.15, 0.2) is 47.4 Å². The molecule has 0 radical (unpaired) electrons. The van der Waals surface area contributed by atoms with Gasteiger partial charge in [0.05, 0.1) is 5.56 Å². The zero-order valence-electron chi connectivity index (χ0n) is 8.79. The lowest BCUT2D eigenvalue weighted by Gasteiger charge is -2.05. The first-order chi connectivity index (χ1) is 8.26. The standard InChI is InChI=1S/C13H7N3O/c14-7-10-6-11(8-15)13(17)16(9-10)12-4-2-1-3-5-12/h1-6,9H. The van der Waals surface area contributed by atoms with Crippen molar-refractivity contribution in [1.29, 1.82) is 10.5 Å². The van der Waals surface area contributed by atoms with Crippen LogP contribution in [0.2, 0.25) is 0 Å². The maximum absolute atomic E-state index is 11.9. The molecule has 2 rings (SSSR count). The average Bonchev–Trinajstić information content (AvgIpc) is 2.40. The second kappa shape index (κ2) is 4.34. The van der Waals surface area contributed by atoms with Crippen LogP contribution in [0.3, 0.4) is 0 Å². The summed E-state index contributed by atoms with van der Waals surface area (Å²) in [5.74, 6) is 0. The predicted octanol–water partition coefficient (Wildman–Crippen LogP) is 1.58. The molecule has 0 N–H and O–H groups in total. The van der Waals surface area contributed by atoms with Gasteiger partial charge in [-0.3, -0.25) is 9.36 Å². The fraction of sp³-hybridized carbons (Fsp3) is 0. The summed E-state index contributed by atoms with van der Waals surface area (Å²) in [7, 11) is 0. The summed E-state index contributed by atoms with van der Waals surface area (Å²) in [6.07, 6.45) is 1.43. The number of hydrogen-bond acceptors (Lipinski definition) is 3. The van der Waals surface area contributed by atoms with Gasteiger partial charge in [-0.2, -0.15) is 10.5 Å². The molecule has 2 aromatic rings. The van der Waals surface area contributed by atoms with Crippen LogP contribution in [0.1, 0.15) is 11.1 Å². The lowest BCUT2D eigenvalue weighted by atomic mass is 10.2. The first kappa shape index (κ1) is 10.7. The van der Waals surface area contributed by atoms with Gasteiger partial charge in [-0.05, 0) is 18.2 Å². The number of pyridine rings is 1. The summed E-state index contributed by atoms with van der Waals surface area (Å²) in [5, 5.41) is 17.7. The Bertz CT molecular complexity index is 687. The number of rotatable bonds is 1. The third kappa shape index (κ3) is 1.92. The van der Waals surface area contributed by atoms with Crippen LogP contribution in [0.5, 0.6) is 0 Å². The molecule has 1 aromatic carbocycles. The molecule has 0 unspecified atom stereocenters. The van der Waals surface area contributed by atoms with Crippen molar-refractivity contribution in [2.45, 2.75) is 0 Å². The van der Waals surface area contributed by atoms with E-state index in [1.165, 1.54) is 16.8 Å². The Labute approximate surface area is 97.6 Å². The molecule has 1 heterocycles. The molecule has 0 saturated carbocycles. The van der Waals surface area contributed by atoms with E-state index < -0.39 is 5.56 Å². The largest absolute Gasteiger partial charge is 0.282 e. The Morgan fingerprint density at radius 2 is 1.76 bits per heavy atom. The molecular formula is C13H7N3O. The smallest absolute Gasteiger partial charge is 0.273 e. The molecule has 0 aliphatic rings. The monoisotopic (exact) mass is 221 g/mol. The number of para-hydroxylation sites is 1. The number of benzene rings is 1. The molecule has 0 spiro atoms. The first-order valence-electron chi connectivity index (χ1n) is 4.88. The molecule has 17 heavy (non-hydrogen) atoms. The fourth-order valence-electron chi connectivity index (χ4n) is 1.50. The van der Waals surface area contributed by atoms with E-state index in [9.17, 15) is 4.79 Å². The van der Waals surface area contributed by atoms with Crippen LogP contribution in [-0.2, 0) is 0 Å². The Kier molecular flexibility index (Phi) is 2.72. The van der Waals surface area contributed by atoms with Gasteiger partial charge >= 0.3 is 0 Å². The van der Waals surface area contributed by atoms with Crippen molar-refractivity contribution in [3.8, 4) is 17.8 Å². The first-order valence-corrected chi connectivity index (χ1v) is 4.88. The van der Waals surface area contributed by atoms with Crippen LogP contribution < -0.4 is 5.56 Å². The molecule has 1 aromatic heterocycles. The maximum Gasteiger partial charge on any atom is 0.273 e. The van der Waals surface area contributed by atoms with Crippen molar-refractivity contribution in [2.24, 2.45) is 0 Å². The summed E-state index contributed by atoms with van der Waals surface area (Å²) in [4.78, 5) is 11.9. The molecule has 0 bridgehead atoms. The van der Waals surface area contributed by atoms with E-state index in [1.54, 1.807) is 30.3 Å². The second-order valence-corrected chi connectivity index (χ2v) is 3.38. The van der Waals surface area contributed by atoms with Gasteiger partial charge in [0.2, 0.25) is 0 Å². The van der Waals surface area contributed by atoms with E-state index in [4.69, 9.17) is 10.5 Å². The van der Waals surface area contributed by atoms with Gasteiger partial charge < -0.3 is 0 Å².